The molecule has 1 saturated heterocycles. The maximum Gasteiger partial charge on any atom is 0.321 e. The molecule has 1 aliphatic heterocycles. The molecule has 2 amide bonds. The highest BCUT2D eigenvalue weighted by molar-refractivity contribution is 5.97. The number of hydrogen-bond donors (Lipinski definition) is 1. The third-order valence-electron chi connectivity index (χ3n) is 5.75. The monoisotopic (exact) mass is 468 g/mol. The van der Waals surface area contributed by atoms with Crippen LogP contribution in [0.5, 0.6) is 11.5 Å². The zero-order chi connectivity index (χ0) is 24.8. The van der Waals surface area contributed by atoms with Gasteiger partial charge >= 0.3 is 6.03 Å². The summed E-state index contributed by atoms with van der Waals surface area (Å²) in [4.78, 5) is 21.0. The lowest BCUT2D eigenvalue weighted by Gasteiger charge is -2.36. The lowest BCUT2D eigenvalue weighted by molar-refractivity contribution is 0.208. The Labute approximate surface area is 203 Å². The van der Waals surface area contributed by atoms with E-state index in [1.165, 1.54) is 0 Å². The number of anilines is 2. The van der Waals surface area contributed by atoms with E-state index in [-0.39, 0.29) is 6.03 Å². The first-order chi connectivity index (χ1) is 17.1. The van der Waals surface area contributed by atoms with Crippen molar-refractivity contribution in [1.29, 1.82) is 10.5 Å². The number of rotatable bonds is 6. The van der Waals surface area contributed by atoms with E-state index in [4.69, 9.17) is 14.7 Å². The summed E-state index contributed by atoms with van der Waals surface area (Å²) in [5.74, 6) is 1.09. The quantitative estimate of drug-likeness (QED) is 0.546. The summed E-state index contributed by atoms with van der Waals surface area (Å²) in [6.07, 6.45) is 3.21. The number of fused-ring (bicyclic) bond motifs is 1. The van der Waals surface area contributed by atoms with Gasteiger partial charge in [-0.2, -0.15) is 10.5 Å². The third-order valence-corrected chi connectivity index (χ3v) is 5.75. The number of nitrogens with zero attached hydrogens (tertiary/aromatic N) is 5. The SMILES string of the molecule is C=CCOc1cc2ncc(C#N)c(N3CCN(C(=O)Nc4ccc(C#N)cc4)CC3)c2cc1OC. The number of ether oxygens (including phenoxy) is 2. The molecular weight excluding hydrogens is 444 g/mol. The fraction of sp³-hybridized carbons (Fsp3) is 0.231. The number of methoxy groups -OCH3 is 1. The molecule has 0 saturated carbocycles. The van der Waals surface area contributed by atoms with Crippen molar-refractivity contribution in [3.05, 3.63) is 66.4 Å². The Morgan fingerprint density at radius 1 is 1.14 bits per heavy atom. The fourth-order valence-corrected chi connectivity index (χ4v) is 3.99. The molecule has 176 valence electrons. The highest BCUT2D eigenvalue weighted by Gasteiger charge is 2.25. The number of nitriles is 2. The average molecular weight is 469 g/mol. The van der Waals surface area contributed by atoms with E-state index < -0.39 is 0 Å². The molecule has 0 aliphatic carbocycles. The molecule has 1 aromatic heterocycles. The summed E-state index contributed by atoms with van der Waals surface area (Å²) < 4.78 is 11.2. The molecule has 0 atom stereocenters. The van der Waals surface area contributed by atoms with Gasteiger partial charge < -0.3 is 24.6 Å². The van der Waals surface area contributed by atoms with Gasteiger partial charge in [-0.3, -0.25) is 4.98 Å². The van der Waals surface area contributed by atoms with Crippen LogP contribution in [0.25, 0.3) is 10.9 Å². The van der Waals surface area contributed by atoms with Crippen LogP contribution in [0.15, 0.2) is 55.3 Å². The molecule has 0 unspecified atom stereocenters. The van der Waals surface area contributed by atoms with E-state index >= 15 is 0 Å². The zero-order valence-corrected chi connectivity index (χ0v) is 19.3. The van der Waals surface area contributed by atoms with Gasteiger partial charge in [-0.05, 0) is 30.3 Å². The van der Waals surface area contributed by atoms with E-state index in [1.807, 2.05) is 6.07 Å². The second kappa shape index (κ2) is 10.4. The molecular formula is C26H24N6O3. The highest BCUT2D eigenvalue weighted by atomic mass is 16.5. The standard InChI is InChI=1S/C26H24N6O3/c1-3-12-35-24-14-22-21(13-23(24)34-2)25(19(16-28)17-29-22)31-8-10-32(11-9-31)26(33)30-20-6-4-18(15-27)5-7-20/h3-7,13-14,17H,1,8-12H2,2H3,(H,30,33). The van der Waals surface area contributed by atoms with Gasteiger partial charge in [0.1, 0.15) is 12.7 Å². The van der Waals surface area contributed by atoms with Gasteiger partial charge in [0.05, 0.1) is 35.5 Å². The third kappa shape index (κ3) is 4.94. The summed E-state index contributed by atoms with van der Waals surface area (Å²) in [6.45, 7) is 6.06. The van der Waals surface area contributed by atoms with Crippen LogP contribution in [0.1, 0.15) is 11.1 Å². The minimum atomic E-state index is -0.208. The first kappa shape index (κ1) is 23.4. The number of nitrogens with one attached hydrogen (secondary N) is 1. The van der Waals surface area contributed by atoms with Crippen molar-refractivity contribution in [2.45, 2.75) is 0 Å². The minimum absolute atomic E-state index is 0.208. The predicted octanol–water partition coefficient (Wildman–Crippen LogP) is 3.91. The molecule has 0 spiro atoms. The largest absolute Gasteiger partial charge is 0.493 e. The lowest BCUT2D eigenvalue weighted by atomic mass is 10.1. The Hall–Kier alpha value is -4.76. The number of hydrogen-bond acceptors (Lipinski definition) is 7. The second-order valence-electron chi connectivity index (χ2n) is 7.85. The molecule has 1 fully saturated rings. The predicted molar refractivity (Wildman–Crippen MR) is 133 cm³/mol. The first-order valence-corrected chi connectivity index (χ1v) is 11.0. The smallest absolute Gasteiger partial charge is 0.321 e. The number of pyridine rings is 1. The van der Waals surface area contributed by atoms with Crippen LogP contribution in [-0.4, -0.2) is 55.8 Å². The molecule has 0 bridgehead atoms. The minimum Gasteiger partial charge on any atom is -0.493 e. The average Bonchev–Trinajstić information content (AvgIpc) is 2.91. The molecule has 9 nitrogen and oxygen atoms in total. The van der Waals surface area contributed by atoms with Crippen LogP contribution >= 0.6 is 0 Å². The normalized spacial score (nSPS) is 13.0. The van der Waals surface area contributed by atoms with Gasteiger partial charge in [0.15, 0.2) is 11.5 Å². The number of carbonyl (C=O) groups is 1. The number of carbonyl (C=O) groups excluding carboxylic acids is 1. The van der Waals surface area contributed by atoms with Gasteiger partial charge in [-0.1, -0.05) is 12.7 Å². The van der Waals surface area contributed by atoms with Crippen LogP contribution < -0.4 is 19.7 Å². The van der Waals surface area contributed by atoms with Crippen LogP contribution in [0.3, 0.4) is 0 Å². The summed E-state index contributed by atoms with van der Waals surface area (Å²) in [6, 6.07) is 14.4. The summed E-state index contributed by atoms with van der Waals surface area (Å²) >= 11 is 0. The Balaban J connectivity index is 1.54. The Bertz CT molecular complexity index is 1330. The molecule has 4 rings (SSSR count). The van der Waals surface area contributed by atoms with Gasteiger partial charge in [-0.15, -0.1) is 0 Å². The van der Waals surface area contributed by atoms with Crippen LogP contribution in [0.4, 0.5) is 16.2 Å². The number of piperazine rings is 1. The number of aromatic nitrogens is 1. The van der Waals surface area contributed by atoms with Crippen LogP contribution in [-0.2, 0) is 0 Å². The van der Waals surface area contributed by atoms with Gasteiger partial charge in [0.25, 0.3) is 0 Å². The van der Waals surface area contributed by atoms with Crippen LogP contribution in [0, 0.1) is 22.7 Å². The first-order valence-electron chi connectivity index (χ1n) is 11.0. The summed E-state index contributed by atoms with van der Waals surface area (Å²) in [5, 5.41) is 22.3. The van der Waals surface area contributed by atoms with Crippen molar-refractivity contribution in [3.63, 3.8) is 0 Å². The van der Waals surface area contributed by atoms with Gasteiger partial charge in [0, 0.05) is 49.5 Å². The Kier molecular flexibility index (Phi) is 6.99. The lowest BCUT2D eigenvalue weighted by Crippen LogP contribution is -2.50. The summed E-state index contributed by atoms with van der Waals surface area (Å²) in [7, 11) is 1.56. The van der Waals surface area contributed by atoms with E-state index in [2.05, 4.69) is 33.9 Å². The molecule has 2 heterocycles. The van der Waals surface area contributed by atoms with Crippen molar-refractivity contribution >= 4 is 28.3 Å². The van der Waals surface area contributed by atoms with Crippen molar-refractivity contribution in [2.75, 3.05) is 50.1 Å². The van der Waals surface area contributed by atoms with E-state index in [0.29, 0.717) is 66.6 Å². The summed E-state index contributed by atoms with van der Waals surface area (Å²) in [5.41, 5.74) is 3.06. The molecule has 3 aromatic rings. The highest BCUT2D eigenvalue weighted by Crippen LogP contribution is 2.38. The zero-order valence-electron chi connectivity index (χ0n) is 19.3. The van der Waals surface area contributed by atoms with E-state index in [0.717, 1.165) is 11.1 Å². The molecule has 1 N–H and O–H groups in total. The van der Waals surface area contributed by atoms with Crippen molar-refractivity contribution < 1.29 is 14.3 Å². The number of amides is 2. The molecule has 35 heavy (non-hydrogen) atoms. The van der Waals surface area contributed by atoms with Gasteiger partial charge in [-0.25, -0.2) is 4.79 Å². The second-order valence-corrected chi connectivity index (χ2v) is 7.85. The Morgan fingerprint density at radius 3 is 2.51 bits per heavy atom. The fourth-order valence-electron chi connectivity index (χ4n) is 3.99. The number of urea groups is 1. The number of benzene rings is 2. The van der Waals surface area contributed by atoms with E-state index in [1.54, 1.807) is 54.6 Å². The molecule has 9 heteroatoms. The van der Waals surface area contributed by atoms with Crippen molar-refractivity contribution in [3.8, 4) is 23.6 Å². The maximum absolute atomic E-state index is 12.7. The van der Waals surface area contributed by atoms with Crippen molar-refractivity contribution in [2.24, 2.45) is 0 Å². The Morgan fingerprint density at radius 2 is 1.89 bits per heavy atom. The van der Waals surface area contributed by atoms with Gasteiger partial charge in [0.2, 0.25) is 0 Å². The van der Waals surface area contributed by atoms with Crippen LogP contribution in [0.2, 0.25) is 0 Å². The molecule has 1 aliphatic rings. The maximum atomic E-state index is 12.7. The topological polar surface area (TPSA) is 115 Å². The molecule has 2 aromatic carbocycles. The molecule has 0 radical (unpaired) electrons. The van der Waals surface area contributed by atoms with E-state index in [9.17, 15) is 10.1 Å². The van der Waals surface area contributed by atoms with Crippen molar-refractivity contribution in [1.82, 2.24) is 9.88 Å².